The molecule has 1 rings (SSSR count). The van der Waals surface area contributed by atoms with E-state index in [9.17, 15) is 9.90 Å². The highest BCUT2D eigenvalue weighted by Gasteiger charge is 2.03. The van der Waals surface area contributed by atoms with Gasteiger partial charge in [-0.15, -0.1) is 0 Å². The first-order valence-corrected chi connectivity index (χ1v) is 16.1. The average molecular weight is 600 g/mol. The van der Waals surface area contributed by atoms with Crippen molar-refractivity contribution >= 4 is 49.3 Å². The number of methoxy groups -OCH3 is 1. The van der Waals surface area contributed by atoms with Crippen molar-refractivity contribution < 1.29 is 14.6 Å². The topological polar surface area (TPSA) is 46.5 Å². The summed E-state index contributed by atoms with van der Waals surface area (Å²) in [5, 5.41) is 10.0. The number of esters is 1. The van der Waals surface area contributed by atoms with Gasteiger partial charge in [0.05, 0.1) is 13.2 Å². The first-order valence-electron chi connectivity index (χ1n) is 9.82. The van der Waals surface area contributed by atoms with Gasteiger partial charge in [0.25, 0.3) is 0 Å². The maximum Gasteiger partial charge on any atom is 0.305 e. The van der Waals surface area contributed by atoms with Gasteiger partial charge < -0.3 is 9.84 Å². The number of ether oxygens (including phenoxy) is 1. The largest absolute Gasteiger partial charge is 0.469 e. The van der Waals surface area contributed by atoms with Crippen molar-refractivity contribution in [2.75, 3.05) is 7.11 Å². The number of hydrogen-bond donors (Lipinski definition) is 1. The van der Waals surface area contributed by atoms with Crippen LogP contribution in [-0.4, -0.2) is 24.3 Å². The van der Waals surface area contributed by atoms with Gasteiger partial charge in [0.1, 0.15) is 0 Å². The predicted molar refractivity (Wildman–Crippen MR) is 132 cm³/mol. The first-order chi connectivity index (χ1) is 13.2. The Kier molecular flexibility index (Phi) is 19.1. The lowest BCUT2D eigenvalue weighted by Gasteiger charge is -2.08. The molecule has 0 saturated carbocycles. The Balaban J connectivity index is 0.00000326. The average Bonchev–Trinajstić information content (AvgIpc) is 2.71. The Bertz CT molecular complexity index is 518. The zero-order valence-electron chi connectivity index (χ0n) is 16.6. The van der Waals surface area contributed by atoms with Crippen molar-refractivity contribution in [1.29, 1.82) is 0 Å². The molecule has 27 heavy (non-hydrogen) atoms. The van der Waals surface area contributed by atoms with E-state index < -0.39 is 0 Å². The summed E-state index contributed by atoms with van der Waals surface area (Å²) in [5.74, 6) is -0.118. The molecule has 0 aliphatic heterocycles. The van der Waals surface area contributed by atoms with E-state index in [1.165, 1.54) is 31.1 Å². The predicted octanol–water partition coefficient (Wildman–Crippen LogP) is 7.08. The highest BCUT2D eigenvalue weighted by Crippen LogP contribution is 2.16. The van der Waals surface area contributed by atoms with Gasteiger partial charge in [-0.3, -0.25) is 4.79 Å². The van der Waals surface area contributed by atoms with E-state index in [1.54, 1.807) is 0 Å². The number of carbonyl (C=O) groups is 1. The summed E-state index contributed by atoms with van der Waals surface area (Å²) in [6.07, 6.45) is 13.7. The maximum absolute atomic E-state index is 11.1. The molecule has 0 saturated heterocycles. The monoisotopic (exact) mass is 600 g/mol. The van der Waals surface area contributed by atoms with E-state index in [4.69, 9.17) is 0 Å². The molecule has 1 atom stereocenters. The van der Waals surface area contributed by atoms with Crippen LogP contribution in [0.4, 0.5) is 0 Å². The molecule has 154 valence electrons. The summed E-state index contributed by atoms with van der Waals surface area (Å²) in [7, 11) is 1.44. The summed E-state index contributed by atoms with van der Waals surface area (Å²) in [5.41, 5.74) is 2.53. The molecule has 0 bridgehead atoms. The van der Waals surface area contributed by atoms with E-state index in [0.717, 1.165) is 44.9 Å². The third-order valence-corrected chi connectivity index (χ3v) is 4.46. The van der Waals surface area contributed by atoms with Crippen LogP contribution in [0.1, 0.15) is 75.8 Å². The fourth-order valence-electron chi connectivity index (χ4n) is 2.88. The van der Waals surface area contributed by atoms with Gasteiger partial charge in [0.15, 0.2) is 0 Å². The van der Waals surface area contributed by atoms with E-state index in [1.807, 2.05) is 12.1 Å². The molecule has 0 aliphatic carbocycles. The SMILES string of the molecule is CCCCCC(O)/C=C/c1ccccc1CCCCCCC(=O)OC.II. The molecule has 0 fully saturated rings. The van der Waals surface area contributed by atoms with Crippen molar-refractivity contribution in [2.45, 2.75) is 77.2 Å². The summed E-state index contributed by atoms with van der Waals surface area (Å²) < 4.78 is 4.65. The highest BCUT2D eigenvalue weighted by atomic mass is 128. The minimum atomic E-state index is -0.349. The zero-order chi connectivity index (χ0) is 20.3. The minimum Gasteiger partial charge on any atom is -0.469 e. The second-order valence-electron chi connectivity index (χ2n) is 6.61. The molecule has 0 spiro atoms. The van der Waals surface area contributed by atoms with Crippen LogP contribution >= 0.6 is 37.2 Å². The summed E-state index contributed by atoms with van der Waals surface area (Å²) >= 11 is 4.24. The number of aryl methyl sites for hydroxylation is 1. The molecule has 1 unspecified atom stereocenters. The standard InChI is InChI=1S/C22H34O3.I2/c1-3-4-7-15-21(23)18-17-20-14-11-10-13-19(20)12-8-5-6-9-16-22(24)25-2;1-2/h10-11,13-14,17-18,21,23H,3-9,12,15-16H2,1-2H3;/b18-17+;. The van der Waals surface area contributed by atoms with Crippen LogP contribution in [0.5, 0.6) is 0 Å². The normalized spacial score (nSPS) is 11.7. The van der Waals surface area contributed by atoms with E-state index in [2.05, 4.69) is 73.2 Å². The summed E-state index contributed by atoms with van der Waals surface area (Å²) in [6, 6.07) is 8.39. The van der Waals surface area contributed by atoms with Gasteiger partial charge in [0.2, 0.25) is 0 Å². The molecule has 3 nitrogen and oxygen atoms in total. The van der Waals surface area contributed by atoms with Crippen LogP contribution in [0.15, 0.2) is 30.3 Å². The highest BCUT2D eigenvalue weighted by molar-refractivity contribution is 15.0. The Morgan fingerprint density at radius 3 is 2.52 bits per heavy atom. The van der Waals surface area contributed by atoms with Gasteiger partial charge in [-0.2, -0.15) is 0 Å². The second-order valence-corrected chi connectivity index (χ2v) is 6.61. The number of rotatable bonds is 13. The van der Waals surface area contributed by atoms with E-state index in [-0.39, 0.29) is 12.1 Å². The number of aliphatic hydroxyl groups excluding tert-OH is 1. The molecule has 1 N–H and O–H groups in total. The lowest BCUT2D eigenvalue weighted by molar-refractivity contribution is -0.140. The van der Waals surface area contributed by atoms with E-state index in [0.29, 0.717) is 6.42 Å². The van der Waals surface area contributed by atoms with Crippen LogP contribution in [0.2, 0.25) is 0 Å². The molecule has 0 radical (unpaired) electrons. The minimum absolute atomic E-state index is 0.118. The second kappa shape index (κ2) is 19.2. The molecule has 0 aromatic heterocycles. The Hall–Kier alpha value is -0.150. The van der Waals surface area contributed by atoms with Gasteiger partial charge in [-0.25, -0.2) is 0 Å². The maximum atomic E-state index is 11.1. The molecule has 1 aromatic carbocycles. The zero-order valence-corrected chi connectivity index (χ0v) is 20.9. The van der Waals surface area contributed by atoms with Crippen molar-refractivity contribution in [2.24, 2.45) is 0 Å². The lowest BCUT2D eigenvalue weighted by Crippen LogP contribution is -2.01. The molecular formula is C22H34I2O3. The van der Waals surface area contributed by atoms with Gasteiger partial charge in [0, 0.05) is 43.7 Å². The number of halogens is 2. The first kappa shape index (κ1) is 26.9. The summed E-state index contributed by atoms with van der Waals surface area (Å²) in [6.45, 7) is 2.17. The molecule has 0 aliphatic rings. The van der Waals surface area contributed by atoms with Gasteiger partial charge >= 0.3 is 5.97 Å². The van der Waals surface area contributed by atoms with Crippen LogP contribution in [0.25, 0.3) is 6.08 Å². The van der Waals surface area contributed by atoms with Crippen molar-refractivity contribution in [1.82, 2.24) is 0 Å². The number of carbonyl (C=O) groups excluding carboxylic acids is 1. The molecule has 5 heteroatoms. The van der Waals surface area contributed by atoms with Crippen LogP contribution in [0.3, 0.4) is 0 Å². The fraction of sp³-hybridized carbons (Fsp3) is 0.591. The third kappa shape index (κ3) is 14.5. The smallest absolute Gasteiger partial charge is 0.305 e. The van der Waals surface area contributed by atoms with Crippen molar-refractivity contribution in [3.05, 3.63) is 41.5 Å². The van der Waals surface area contributed by atoms with Crippen molar-refractivity contribution in [3.63, 3.8) is 0 Å². The van der Waals surface area contributed by atoms with Gasteiger partial charge in [-0.1, -0.05) is 75.4 Å². The summed E-state index contributed by atoms with van der Waals surface area (Å²) in [4.78, 5) is 11.1. The number of aliphatic hydroxyl groups is 1. The van der Waals surface area contributed by atoms with Crippen LogP contribution < -0.4 is 0 Å². The number of hydrogen-bond acceptors (Lipinski definition) is 3. The van der Waals surface area contributed by atoms with Crippen molar-refractivity contribution in [3.8, 4) is 0 Å². The Morgan fingerprint density at radius 1 is 1.11 bits per heavy atom. The van der Waals surface area contributed by atoms with E-state index >= 15 is 0 Å². The molecule has 0 amide bonds. The molecule has 1 aromatic rings. The quantitative estimate of drug-likeness (QED) is 0.150. The molecule has 0 heterocycles. The Labute approximate surface area is 188 Å². The number of unbranched alkanes of at least 4 members (excludes halogenated alkanes) is 5. The number of benzene rings is 1. The van der Waals surface area contributed by atoms with Crippen LogP contribution in [0, 0.1) is 0 Å². The third-order valence-electron chi connectivity index (χ3n) is 4.46. The van der Waals surface area contributed by atoms with Crippen LogP contribution in [-0.2, 0) is 16.0 Å². The molecular weight excluding hydrogens is 566 g/mol. The lowest BCUT2D eigenvalue weighted by atomic mass is 9.99. The Morgan fingerprint density at radius 2 is 1.81 bits per heavy atom. The fourth-order valence-corrected chi connectivity index (χ4v) is 2.88. The van der Waals surface area contributed by atoms with Gasteiger partial charge in [-0.05, 0) is 36.8 Å².